The van der Waals surface area contributed by atoms with Gasteiger partial charge in [-0.3, -0.25) is 0 Å². The molecule has 4 unspecified atom stereocenters. The Morgan fingerprint density at radius 2 is 1.80 bits per heavy atom. The molecule has 4 atom stereocenters. The van der Waals surface area contributed by atoms with Gasteiger partial charge in [0, 0.05) is 17.9 Å². The quantitative estimate of drug-likeness (QED) is 0.714. The summed E-state index contributed by atoms with van der Waals surface area (Å²) in [5.41, 5.74) is 2.33. The Bertz CT molecular complexity index is 945. The Morgan fingerprint density at radius 3 is 2.57 bits per heavy atom. The van der Waals surface area contributed by atoms with Crippen molar-refractivity contribution in [1.82, 2.24) is 4.90 Å². The van der Waals surface area contributed by atoms with Crippen LogP contribution in [-0.4, -0.2) is 51.1 Å². The molecule has 2 saturated heterocycles. The van der Waals surface area contributed by atoms with Crippen molar-refractivity contribution in [2.75, 3.05) is 34.4 Å². The molecule has 2 heterocycles. The molecule has 5 heteroatoms. The highest BCUT2D eigenvalue weighted by molar-refractivity contribution is 5.49. The lowest BCUT2D eigenvalue weighted by Crippen LogP contribution is -2.49. The Morgan fingerprint density at radius 1 is 1.00 bits per heavy atom. The van der Waals surface area contributed by atoms with E-state index in [1.54, 1.807) is 14.2 Å². The van der Waals surface area contributed by atoms with E-state index in [4.69, 9.17) is 18.9 Å². The predicted molar refractivity (Wildman–Crippen MR) is 115 cm³/mol. The summed E-state index contributed by atoms with van der Waals surface area (Å²) < 4.78 is 23.8. The maximum absolute atomic E-state index is 6.51. The van der Waals surface area contributed by atoms with Gasteiger partial charge in [-0.1, -0.05) is 42.5 Å². The van der Waals surface area contributed by atoms with Crippen LogP contribution >= 0.6 is 0 Å². The normalized spacial score (nSPS) is 33.0. The molecule has 0 saturated carbocycles. The molecule has 3 aliphatic rings. The molecule has 2 aromatic carbocycles. The van der Waals surface area contributed by atoms with Crippen molar-refractivity contribution in [3.8, 4) is 11.5 Å². The fraction of sp³-hybridized carbons (Fsp3) is 0.440. The van der Waals surface area contributed by atoms with Gasteiger partial charge in [0.25, 0.3) is 0 Å². The highest BCUT2D eigenvalue weighted by Gasteiger charge is 2.55. The van der Waals surface area contributed by atoms with Crippen molar-refractivity contribution in [3.05, 3.63) is 71.8 Å². The minimum atomic E-state index is -0.663. The minimum Gasteiger partial charge on any atom is -0.493 e. The van der Waals surface area contributed by atoms with Gasteiger partial charge in [0.1, 0.15) is 6.10 Å². The molecule has 2 fully saturated rings. The lowest BCUT2D eigenvalue weighted by atomic mass is 9.68. The van der Waals surface area contributed by atoms with Gasteiger partial charge in [0.05, 0.1) is 20.8 Å². The van der Waals surface area contributed by atoms with Crippen LogP contribution in [0, 0.1) is 0 Å². The summed E-state index contributed by atoms with van der Waals surface area (Å²) >= 11 is 0. The summed E-state index contributed by atoms with van der Waals surface area (Å²) in [6.07, 6.45) is 6.30. The van der Waals surface area contributed by atoms with E-state index in [1.165, 1.54) is 11.1 Å². The first kappa shape index (κ1) is 19.6. The first-order valence-electron chi connectivity index (χ1n) is 10.6. The van der Waals surface area contributed by atoms with E-state index in [2.05, 4.69) is 48.4 Å². The number of hydrogen-bond acceptors (Lipinski definition) is 5. The molecule has 2 aromatic rings. The molecule has 0 aromatic heterocycles. The van der Waals surface area contributed by atoms with Crippen LogP contribution in [0.4, 0.5) is 0 Å². The number of likely N-dealkylation sites (N-methyl/N-ethyl adjacent to an activating group) is 1. The van der Waals surface area contributed by atoms with Gasteiger partial charge in [0.2, 0.25) is 0 Å². The summed E-state index contributed by atoms with van der Waals surface area (Å²) in [5, 5.41) is 0. The van der Waals surface area contributed by atoms with Gasteiger partial charge in [-0.2, -0.15) is 0 Å². The largest absolute Gasteiger partial charge is 0.493 e. The fourth-order valence-electron chi connectivity index (χ4n) is 5.33. The number of hydrogen-bond donors (Lipinski definition) is 0. The summed E-state index contributed by atoms with van der Waals surface area (Å²) in [7, 11) is 5.56. The number of nitrogens with zero attached hydrogens (tertiary/aromatic N) is 1. The first-order valence-corrected chi connectivity index (χ1v) is 10.6. The van der Waals surface area contributed by atoms with E-state index in [9.17, 15) is 0 Å². The molecule has 5 nitrogen and oxygen atoms in total. The van der Waals surface area contributed by atoms with E-state index in [0.29, 0.717) is 6.61 Å². The summed E-state index contributed by atoms with van der Waals surface area (Å²) in [6, 6.07) is 16.9. The molecule has 1 spiro atoms. The molecule has 2 aliphatic heterocycles. The lowest BCUT2D eigenvalue weighted by molar-refractivity contribution is -0.150. The third-order valence-electron chi connectivity index (χ3n) is 7.03. The summed E-state index contributed by atoms with van der Waals surface area (Å²) in [5.74, 6) is 0.859. The molecular weight excluding hydrogens is 378 g/mol. The number of rotatable bonds is 4. The van der Waals surface area contributed by atoms with Crippen molar-refractivity contribution in [1.29, 1.82) is 0 Å². The zero-order valence-corrected chi connectivity index (χ0v) is 17.8. The van der Waals surface area contributed by atoms with Crippen LogP contribution in [0.15, 0.2) is 60.7 Å². The number of methoxy groups -OCH3 is 2. The highest BCUT2D eigenvalue weighted by atomic mass is 16.7. The SMILES string of the molecule is COc1ccc(C23C=CC4(CC2N(C)CC3)OCC(c2ccccc2)O4)cc1OC. The number of benzene rings is 2. The third-order valence-corrected chi connectivity index (χ3v) is 7.03. The van der Waals surface area contributed by atoms with Crippen molar-refractivity contribution >= 4 is 0 Å². The Labute approximate surface area is 178 Å². The Balaban J connectivity index is 1.48. The topological polar surface area (TPSA) is 40.2 Å². The molecule has 0 N–H and O–H groups in total. The van der Waals surface area contributed by atoms with Crippen molar-refractivity contribution in [3.63, 3.8) is 0 Å². The van der Waals surface area contributed by atoms with Crippen LogP contribution in [0.5, 0.6) is 11.5 Å². The van der Waals surface area contributed by atoms with Gasteiger partial charge in [-0.25, -0.2) is 0 Å². The Hall–Kier alpha value is -2.34. The maximum atomic E-state index is 6.51. The highest BCUT2D eigenvalue weighted by Crippen LogP contribution is 2.52. The summed E-state index contributed by atoms with van der Waals surface area (Å²) in [6.45, 7) is 1.61. The monoisotopic (exact) mass is 407 g/mol. The molecule has 0 bridgehead atoms. The molecule has 0 amide bonds. The van der Waals surface area contributed by atoms with Gasteiger partial charge >= 0.3 is 0 Å². The average molecular weight is 408 g/mol. The average Bonchev–Trinajstić information content (AvgIpc) is 3.36. The standard InChI is InChI=1S/C25H29NO4/c1-26-14-13-24(19-9-10-20(27-2)21(15-19)28-3)11-12-25(16-23(24)26)29-17-22(30-25)18-7-5-4-6-8-18/h4-12,15,22-23H,13-14,16-17H2,1-3H3. The van der Waals surface area contributed by atoms with Gasteiger partial charge < -0.3 is 23.8 Å². The number of ether oxygens (including phenoxy) is 4. The molecule has 30 heavy (non-hydrogen) atoms. The molecule has 5 rings (SSSR count). The zero-order chi connectivity index (χ0) is 20.8. The second-order valence-electron chi connectivity index (χ2n) is 8.53. The van der Waals surface area contributed by atoms with E-state index >= 15 is 0 Å². The maximum Gasteiger partial charge on any atom is 0.190 e. The first-order chi connectivity index (χ1) is 14.6. The van der Waals surface area contributed by atoms with Gasteiger partial charge in [0.15, 0.2) is 17.3 Å². The predicted octanol–water partition coefficient (Wildman–Crippen LogP) is 4.09. The van der Waals surface area contributed by atoms with Crippen molar-refractivity contribution < 1.29 is 18.9 Å². The second kappa shape index (κ2) is 7.41. The van der Waals surface area contributed by atoms with E-state index in [-0.39, 0.29) is 17.6 Å². The number of fused-ring (bicyclic) bond motifs is 1. The molecule has 158 valence electrons. The van der Waals surface area contributed by atoms with E-state index in [1.807, 2.05) is 24.3 Å². The van der Waals surface area contributed by atoms with Gasteiger partial charge in [-0.05, 0) is 49.3 Å². The van der Waals surface area contributed by atoms with Crippen molar-refractivity contribution in [2.45, 2.75) is 36.2 Å². The van der Waals surface area contributed by atoms with Crippen LogP contribution in [0.3, 0.4) is 0 Å². The van der Waals surface area contributed by atoms with E-state index in [0.717, 1.165) is 30.9 Å². The van der Waals surface area contributed by atoms with Crippen molar-refractivity contribution in [2.24, 2.45) is 0 Å². The lowest BCUT2D eigenvalue weighted by Gasteiger charge is -2.43. The van der Waals surface area contributed by atoms with Crippen LogP contribution in [0.25, 0.3) is 0 Å². The van der Waals surface area contributed by atoms with Gasteiger partial charge in [-0.15, -0.1) is 0 Å². The van der Waals surface area contributed by atoms with Crippen LogP contribution in [0.1, 0.15) is 30.1 Å². The third kappa shape index (κ3) is 3.04. The number of likely N-dealkylation sites (tertiary alicyclic amines) is 1. The summed E-state index contributed by atoms with van der Waals surface area (Å²) in [4.78, 5) is 2.44. The van der Waals surface area contributed by atoms with Crippen LogP contribution in [-0.2, 0) is 14.9 Å². The van der Waals surface area contributed by atoms with E-state index < -0.39 is 5.79 Å². The smallest absolute Gasteiger partial charge is 0.190 e. The van der Waals surface area contributed by atoms with Crippen LogP contribution in [0.2, 0.25) is 0 Å². The molecule has 1 aliphatic carbocycles. The molecular formula is C25H29NO4. The van der Waals surface area contributed by atoms with Crippen LogP contribution < -0.4 is 9.47 Å². The minimum absolute atomic E-state index is 0.0314. The fourth-order valence-corrected chi connectivity index (χ4v) is 5.33. The second-order valence-corrected chi connectivity index (χ2v) is 8.53. The zero-order valence-electron chi connectivity index (χ0n) is 17.8. The Kier molecular flexibility index (Phi) is 4.85. The molecule has 0 radical (unpaired) electrons.